The van der Waals surface area contributed by atoms with E-state index in [9.17, 15) is 9.18 Å². The molecule has 0 fully saturated rings. The Balaban J connectivity index is 1.92. The molecular weight excluding hydrogens is 279 g/mol. The van der Waals surface area contributed by atoms with E-state index in [-0.39, 0.29) is 17.8 Å². The Morgan fingerprint density at radius 2 is 1.73 bits per heavy atom. The van der Waals surface area contributed by atoms with E-state index < -0.39 is 0 Å². The van der Waals surface area contributed by atoms with Crippen LogP contribution in [0.1, 0.15) is 24.1 Å². The van der Waals surface area contributed by atoms with Gasteiger partial charge in [-0.25, -0.2) is 4.39 Å². The number of hydrogen-bond acceptors (Lipinski definition) is 1. The minimum Gasteiger partial charge on any atom is -0.324 e. The Labute approximate surface area is 130 Å². The molecule has 1 unspecified atom stereocenters. The third-order valence-electron chi connectivity index (χ3n) is 3.88. The molecule has 2 aromatic carbocycles. The Morgan fingerprint density at radius 1 is 1.14 bits per heavy atom. The van der Waals surface area contributed by atoms with Gasteiger partial charge in [0.1, 0.15) is 11.9 Å². The normalized spacial score (nSPS) is 13.5. The molecular formula is C18H22FN2O+. The van der Waals surface area contributed by atoms with Crippen molar-refractivity contribution in [2.45, 2.75) is 19.9 Å². The molecule has 0 bridgehead atoms. The van der Waals surface area contributed by atoms with E-state index in [2.05, 4.69) is 5.32 Å². The minimum absolute atomic E-state index is 0.0321. The molecule has 0 aliphatic rings. The van der Waals surface area contributed by atoms with Crippen molar-refractivity contribution in [3.8, 4) is 0 Å². The second-order valence-electron chi connectivity index (χ2n) is 5.71. The number of amides is 1. The van der Waals surface area contributed by atoms with Crippen LogP contribution in [-0.4, -0.2) is 19.5 Å². The van der Waals surface area contributed by atoms with Gasteiger partial charge in [0.05, 0.1) is 7.05 Å². The minimum atomic E-state index is -0.245. The van der Waals surface area contributed by atoms with Crippen LogP contribution >= 0.6 is 0 Å². The number of hydrogen-bond donors (Lipinski definition) is 2. The maximum absolute atomic E-state index is 13.0. The standard InChI is InChI=1S/C18H21FN2O/c1-13-4-10-17(11-5-13)20-18(22)12-21(3)14(2)15-6-8-16(19)9-7-15/h4-11,14H,12H2,1-3H3,(H,20,22)/p+1/t14-/m0/s1. The van der Waals surface area contributed by atoms with Gasteiger partial charge < -0.3 is 10.2 Å². The Kier molecular flexibility index (Phi) is 5.28. The van der Waals surface area contributed by atoms with E-state index in [1.165, 1.54) is 12.1 Å². The maximum Gasteiger partial charge on any atom is 0.279 e. The van der Waals surface area contributed by atoms with E-state index in [0.29, 0.717) is 6.54 Å². The van der Waals surface area contributed by atoms with Crippen molar-refractivity contribution in [1.82, 2.24) is 0 Å². The highest BCUT2D eigenvalue weighted by Crippen LogP contribution is 2.10. The average Bonchev–Trinajstić information content (AvgIpc) is 2.49. The van der Waals surface area contributed by atoms with Gasteiger partial charge in [-0.1, -0.05) is 29.8 Å². The summed E-state index contributed by atoms with van der Waals surface area (Å²) in [7, 11) is 1.96. The monoisotopic (exact) mass is 301 g/mol. The molecule has 0 aliphatic carbocycles. The van der Waals surface area contributed by atoms with Gasteiger partial charge in [-0.05, 0) is 38.1 Å². The van der Waals surface area contributed by atoms with Crippen LogP contribution in [0.3, 0.4) is 0 Å². The number of likely N-dealkylation sites (N-methyl/N-ethyl adjacent to an activating group) is 1. The molecule has 22 heavy (non-hydrogen) atoms. The molecule has 0 spiro atoms. The molecule has 2 N–H and O–H groups in total. The zero-order valence-electron chi connectivity index (χ0n) is 13.2. The molecule has 4 heteroatoms. The number of quaternary nitrogens is 1. The molecule has 0 radical (unpaired) electrons. The number of rotatable bonds is 5. The maximum atomic E-state index is 13.0. The lowest BCUT2D eigenvalue weighted by Gasteiger charge is -2.21. The summed E-state index contributed by atoms with van der Waals surface area (Å²) in [5, 5.41) is 2.90. The molecule has 0 heterocycles. The Morgan fingerprint density at radius 3 is 2.32 bits per heavy atom. The van der Waals surface area contributed by atoms with Crippen molar-refractivity contribution in [2.24, 2.45) is 0 Å². The fourth-order valence-corrected chi connectivity index (χ4v) is 2.28. The number of carbonyl (C=O) groups is 1. The van der Waals surface area contributed by atoms with Crippen molar-refractivity contribution >= 4 is 11.6 Å². The van der Waals surface area contributed by atoms with Crippen molar-refractivity contribution in [2.75, 3.05) is 18.9 Å². The summed E-state index contributed by atoms with van der Waals surface area (Å²) in [6.07, 6.45) is 0. The molecule has 0 saturated carbocycles. The summed E-state index contributed by atoms with van der Waals surface area (Å²) in [4.78, 5) is 13.2. The van der Waals surface area contributed by atoms with Crippen molar-refractivity contribution in [1.29, 1.82) is 0 Å². The third kappa shape index (κ3) is 4.40. The lowest BCUT2D eigenvalue weighted by Crippen LogP contribution is -3.10. The molecule has 2 rings (SSSR count). The Bertz CT molecular complexity index is 623. The van der Waals surface area contributed by atoms with Gasteiger partial charge in [-0.15, -0.1) is 0 Å². The predicted molar refractivity (Wildman–Crippen MR) is 86.4 cm³/mol. The Hall–Kier alpha value is -2.20. The van der Waals surface area contributed by atoms with Crippen LogP contribution in [0.5, 0.6) is 0 Å². The van der Waals surface area contributed by atoms with Crippen LogP contribution < -0.4 is 10.2 Å². The quantitative estimate of drug-likeness (QED) is 0.873. The highest BCUT2D eigenvalue weighted by Gasteiger charge is 2.18. The number of halogens is 1. The number of anilines is 1. The van der Waals surface area contributed by atoms with Crippen LogP contribution in [-0.2, 0) is 4.79 Å². The first-order valence-electron chi connectivity index (χ1n) is 7.40. The van der Waals surface area contributed by atoms with Crippen LogP contribution in [0.2, 0.25) is 0 Å². The SMILES string of the molecule is Cc1ccc(NC(=O)C[NH+](C)[C@@H](C)c2ccc(F)cc2)cc1. The summed E-state index contributed by atoms with van der Waals surface area (Å²) < 4.78 is 13.0. The molecule has 3 nitrogen and oxygen atoms in total. The van der Waals surface area contributed by atoms with Gasteiger partial charge in [0.2, 0.25) is 0 Å². The van der Waals surface area contributed by atoms with Crippen molar-refractivity contribution in [3.05, 3.63) is 65.5 Å². The van der Waals surface area contributed by atoms with Gasteiger partial charge in [0.25, 0.3) is 5.91 Å². The summed E-state index contributed by atoms with van der Waals surface area (Å²) in [5.74, 6) is -0.277. The molecule has 2 atom stereocenters. The second-order valence-corrected chi connectivity index (χ2v) is 5.71. The van der Waals surface area contributed by atoms with E-state index in [0.717, 1.165) is 21.7 Å². The fourth-order valence-electron chi connectivity index (χ4n) is 2.28. The average molecular weight is 301 g/mol. The van der Waals surface area contributed by atoms with Crippen molar-refractivity contribution < 1.29 is 14.1 Å². The molecule has 0 aromatic heterocycles. The first-order chi connectivity index (χ1) is 10.5. The fraction of sp³-hybridized carbons (Fsp3) is 0.278. The van der Waals surface area contributed by atoms with Gasteiger partial charge in [0.15, 0.2) is 6.54 Å². The summed E-state index contributed by atoms with van der Waals surface area (Å²) in [6.45, 7) is 4.39. The zero-order valence-corrected chi connectivity index (χ0v) is 13.2. The summed E-state index contributed by atoms with van der Waals surface area (Å²) >= 11 is 0. The van der Waals surface area contributed by atoms with Crippen LogP contribution in [0.15, 0.2) is 48.5 Å². The van der Waals surface area contributed by atoms with Gasteiger partial charge in [0, 0.05) is 11.3 Å². The topological polar surface area (TPSA) is 33.5 Å². The number of carbonyl (C=O) groups excluding carboxylic acids is 1. The van der Waals surface area contributed by atoms with Gasteiger partial charge in [-0.3, -0.25) is 4.79 Å². The number of aryl methyl sites for hydroxylation is 1. The van der Waals surface area contributed by atoms with Crippen LogP contribution in [0.25, 0.3) is 0 Å². The molecule has 2 aromatic rings. The number of benzene rings is 2. The second kappa shape index (κ2) is 7.18. The van der Waals surface area contributed by atoms with E-state index >= 15 is 0 Å². The van der Waals surface area contributed by atoms with Crippen LogP contribution in [0.4, 0.5) is 10.1 Å². The third-order valence-corrected chi connectivity index (χ3v) is 3.88. The summed E-state index contributed by atoms with van der Waals surface area (Å²) in [6, 6.07) is 14.3. The van der Waals surface area contributed by atoms with Gasteiger partial charge >= 0.3 is 0 Å². The highest BCUT2D eigenvalue weighted by molar-refractivity contribution is 5.91. The predicted octanol–water partition coefficient (Wildman–Crippen LogP) is 2.35. The lowest BCUT2D eigenvalue weighted by molar-refractivity contribution is -0.902. The van der Waals surface area contributed by atoms with E-state index in [1.807, 2.05) is 45.2 Å². The first kappa shape index (κ1) is 16.2. The molecule has 0 aliphatic heterocycles. The summed E-state index contributed by atoms with van der Waals surface area (Å²) in [5.41, 5.74) is 2.98. The highest BCUT2D eigenvalue weighted by atomic mass is 19.1. The number of nitrogens with one attached hydrogen (secondary N) is 2. The van der Waals surface area contributed by atoms with Crippen LogP contribution in [0, 0.1) is 12.7 Å². The molecule has 0 saturated heterocycles. The van der Waals surface area contributed by atoms with Gasteiger partial charge in [-0.2, -0.15) is 0 Å². The smallest absolute Gasteiger partial charge is 0.279 e. The molecule has 1 amide bonds. The van der Waals surface area contributed by atoms with E-state index in [4.69, 9.17) is 0 Å². The zero-order chi connectivity index (χ0) is 16.1. The first-order valence-corrected chi connectivity index (χ1v) is 7.40. The lowest BCUT2D eigenvalue weighted by atomic mass is 10.1. The van der Waals surface area contributed by atoms with E-state index in [1.54, 1.807) is 12.1 Å². The molecule has 116 valence electrons. The largest absolute Gasteiger partial charge is 0.324 e. The van der Waals surface area contributed by atoms with Crippen molar-refractivity contribution in [3.63, 3.8) is 0 Å².